The van der Waals surface area contributed by atoms with E-state index in [2.05, 4.69) is 0 Å². The Bertz CT molecular complexity index is 1240. The lowest BCUT2D eigenvalue weighted by molar-refractivity contribution is 0.0747. The molecular weight excluding hydrogens is 469 g/mol. The molecule has 1 atom stereocenters. The molecule has 2 aromatic carbocycles. The Kier molecular flexibility index (Phi) is 6.47. The molecule has 4 rings (SSSR count). The van der Waals surface area contributed by atoms with Gasteiger partial charge in [0.15, 0.2) is 9.84 Å². The van der Waals surface area contributed by atoms with E-state index in [4.69, 9.17) is 0 Å². The number of amides is 1. The standard InChI is InChI=1S/C22H26FN3O5S2/c1-24(20-9-14-32(28,29)16-20)22(27)17-3-2-4-21(15-17)33(30,31)26-12-10-25(11-13-26)19-7-5-18(23)6-8-19/h2-8,15,20H,9-14,16H2,1H3. The SMILES string of the molecule is CN(C(=O)c1cccc(S(=O)(=O)N2CCN(c3ccc(F)cc3)CC2)c1)C1CCS(=O)(=O)C1. The summed E-state index contributed by atoms with van der Waals surface area (Å²) in [6, 6.07) is 11.5. The molecule has 8 nitrogen and oxygen atoms in total. The first kappa shape index (κ1) is 23.7. The summed E-state index contributed by atoms with van der Waals surface area (Å²) in [7, 11) is -5.42. The number of sulfone groups is 1. The Balaban J connectivity index is 1.46. The van der Waals surface area contributed by atoms with Crippen molar-refractivity contribution in [2.24, 2.45) is 0 Å². The summed E-state index contributed by atoms with van der Waals surface area (Å²) < 4.78 is 64.5. The van der Waals surface area contributed by atoms with Gasteiger partial charge in [0.2, 0.25) is 10.0 Å². The highest BCUT2D eigenvalue weighted by molar-refractivity contribution is 7.91. The third-order valence-corrected chi connectivity index (χ3v) is 9.87. The van der Waals surface area contributed by atoms with E-state index < -0.39 is 31.8 Å². The Morgan fingerprint density at radius 2 is 1.73 bits per heavy atom. The minimum Gasteiger partial charge on any atom is -0.369 e. The minimum absolute atomic E-state index is 0.0241. The van der Waals surface area contributed by atoms with Gasteiger partial charge in [-0.05, 0) is 48.9 Å². The molecule has 2 fully saturated rings. The number of anilines is 1. The highest BCUT2D eigenvalue weighted by Gasteiger charge is 2.34. The molecule has 0 bridgehead atoms. The maximum absolute atomic E-state index is 13.2. The first-order chi connectivity index (χ1) is 15.6. The van der Waals surface area contributed by atoms with Crippen LogP contribution in [-0.4, -0.2) is 82.7 Å². The number of piperazine rings is 1. The number of carbonyl (C=O) groups is 1. The lowest BCUT2D eigenvalue weighted by Gasteiger charge is -2.35. The molecule has 2 aromatic rings. The first-order valence-electron chi connectivity index (χ1n) is 10.7. The second-order valence-corrected chi connectivity index (χ2v) is 12.5. The number of nitrogens with zero attached hydrogens (tertiary/aromatic N) is 3. The molecule has 1 amide bonds. The zero-order valence-corrected chi connectivity index (χ0v) is 19.9. The molecule has 0 saturated carbocycles. The Hall–Kier alpha value is -2.50. The highest BCUT2D eigenvalue weighted by Crippen LogP contribution is 2.24. The molecule has 11 heteroatoms. The number of hydrogen-bond donors (Lipinski definition) is 0. The molecule has 2 aliphatic heterocycles. The Labute approximate surface area is 193 Å². The van der Waals surface area contributed by atoms with Crippen molar-refractivity contribution >= 4 is 31.5 Å². The number of sulfonamides is 1. The number of carbonyl (C=O) groups excluding carboxylic acids is 1. The average molecular weight is 496 g/mol. The van der Waals surface area contributed by atoms with E-state index in [1.807, 2.05) is 4.90 Å². The molecule has 0 aliphatic carbocycles. The quantitative estimate of drug-likeness (QED) is 0.625. The van der Waals surface area contributed by atoms with Crippen molar-refractivity contribution < 1.29 is 26.0 Å². The van der Waals surface area contributed by atoms with Crippen LogP contribution >= 0.6 is 0 Å². The summed E-state index contributed by atoms with van der Waals surface area (Å²) in [6.45, 7) is 1.44. The van der Waals surface area contributed by atoms with E-state index in [0.717, 1.165) is 5.69 Å². The Morgan fingerprint density at radius 3 is 2.33 bits per heavy atom. The number of benzene rings is 2. The van der Waals surface area contributed by atoms with E-state index in [0.29, 0.717) is 19.5 Å². The summed E-state index contributed by atoms with van der Waals surface area (Å²) >= 11 is 0. The molecule has 0 spiro atoms. The van der Waals surface area contributed by atoms with Crippen LogP contribution in [0.2, 0.25) is 0 Å². The number of rotatable bonds is 5. The molecule has 0 radical (unpaired) electrons. The van der Waals surface area contributed by atoms with Crippen LogP contribution in [0.4, 0.5) is 10.1 Å². The van der Waals surface area contributed by atoms with Crippen LogP contribution in [0.1, 0.15) is 16.8 Å². The first-order valence-corrected chi connectivity index (χ1v) is 13.9. The van der Waals surface area contributed by atoms with Crippen LogP contribution in [-0.2, 0) is 19.9 Å². The highest BCUT2D eigenvalue weighted by atomic mass is 32.2. The zero-order chi connectivity index (χ0) is 23.8. The van der Waals surface area contributed by atoms with E-state index in [1.54, 1.807) is 19.2 Å². The third-order valence-electron chi connectivity index (χ3n) is 6.23. The van der Waals surface area contributed by atoms with Crippen LogP contribution in [0.15, 0.2) is 53.4 Å². The monoisotopic (exact) mass is 495 g/mol. The third kappa shape index (κ3) is 5.04. The van der Waals surface area contributed by atoms with E-state index in [1.165, 1.54) is 45.6 Å². The lowest BCUT2D eigenvalue weighted by Crippen LogP contribution is -2.48. The smallest absolute Gasteiger partial charge is 0.253 e. The van der Waals surface area contributed by atoms with Gasteiger partial charge in [-0.2, -0.15) is 4.31 Å². The van der Waals surface area contributed by atoms with Crippen LogP contribution < -0.4 is 4.90 Å². The molecule has 0 aromatic heterocycles. The fourth-order valence-corrected chi connectivity index (χ4v) is 7.47. The summed E-state index contributed by atoms with van der Waals surface area (Å²) in [5.41, 5.74) is 1.03. The van der Waals surface area contributed by atoms with Crippen molar-refractivity contribution in [1.29, 1.82) is 0 Å². The van der Waals surface area contributed by atoms with Crippen molar-refractivity contribution in [3.63, 3.8) is 0 Å². The van der Waals surface area contributed by atoms with E-state index in [9.17, 15) is 26.0 Å². The van der Waals surface area contributed by atoms with Crippen LogP contribution in [0.25, 0.3) is 0 Å². The molecule has 178 valence electrons. The van der Waals surface area contributed by atoms with E-state index in [-0.39, 0.29) is 40.9 Å². The molecular formula is C22H26FN3O5S2. The van der Waals surface area contributed by atoms with Crippen LogP contribution in [0.3, 0.4) is 0 Å². The second-order valence-electron chi connectivity index (χ2n) is 8.37. The van der Waals surface area contributed by atoms with Gasteiger partial charge in [0.05, 0.1) is 16.4 Å². The minimum atomic E-state index is -3.81. The topological polar surface area (TPSA) is 95.1 Å². The summed E-state index contributed by atoms with van der Waals surface area (Å²) in [6.07, 6.45) is 0.376. The summed E-state index contributed by atoms with van der Waals surface area (Å²) in [5, 5.41) is 0. The van der Waals surface area contributed by atoms with Gasteiger partial charge in [-0.1, -0.05) is 6.07 Å². The number of halogens is 1. The van der Waals surface area contributed by atoms with Gasteiger partial charge in [0, 0.05) is 50.5 Å². The maximum atomic E-state index is 13.2. The fraction of sp³-hybridized carbons (Fsp3) is 0.409. The van der Waals surface area contributed by atoms with Crippen molar-refractivity contribution in [1.82, 2.24) is 9.21 Å². The summed E-state index contributed by atoms with van der Waals surface area (Å²) in [5.74, 6) is -0.760. The molecule has 1 unspecified atom stereocenters. The van der Waals surface area contributed by atoms with Gasteiger partial charge < -0.3 is 9.80 Å². The van der Waals surface area contributed by atoms with Gasteiger partial charge in [-0.25, -0.2) is 21.2 Å². The molecule has 2 heterocycles. The average Bonchev–Trinajstić information content (AvgIpc) is 3.18. The van der Waals surface area contributed by atoms with Gasteiger partial charge in [0.1, 0.15) is 5.82 Å². The predicted octanol–water partition coefficient (Wildman–Crippen LogP) is 1.60. The van der Waals surface area contributed by atoms with Crippen LogP contribution in [0, 0.1) is 5.82 Å². The van der Waals surface area contributed by atoms with Crippen molar-refractivity contribution in [2.45, 2.75) is 17.4 Å². The normalized spacial score (nSPS) is 21.2. The van der Waals surface area contributed by atoms with Gasteiger partial charge >= 0.3 is 0 Å². The van der Waals surface area contributed by atoms with E-state index >= 15 is 0 Å². The molecule has 2 aliphatic rings. The van der Waals surface area contributed by atoms with Gasteiger partial charge in [-0.15, -0.1) is 0 Å². The van der Waals surface area contributed by atoms with Crippen LogP contribution in [0.5, 0.6) is 0 Å². The van der Waals surface area contributed by atoms with Gasteiger partial charge in [-0.3, -0.25) is 4.79 Å². The van der Waals surface area contributed by atoms with Crippen molar-refractivity contribution in [3.05, 3.63) is 59.9 Å². The van der Waals surface area contributed by atoms with Crippen molar-refractivity contribution in [3.8, 4) is 0 Å². The molecule has 2 saturated heterocycles. The van der Waals surface area contributed by atoms with Gasteiger partial charge in [0.25, 0.3) is 5.91 Å². The Morgan fingerprint density at radius 1 is 1.06 bits per heavy atom. The zero-order valence-electron chi connectivity index (χ0n) is 18.2. The van der Waals surface area contributed by atoms with Crippen molar-refractivity contribution in [2.75, 3.05) is 49.6 Å². The fourth-order valence-electron chi connectivity index (χ4n) is 4.23. The predicted molar refractivity (Wildman–Crippen MR) is 123 cm³/mol. The molecule has 33 heavy (non-hydrogen) atoms. The largest absolute Gasteiger partial charge is 0.369 e. The molecule has 0 N–H and O–H groups in total. The number of hydrogen-bond acceptors (Lipinski definition) is 6. The maximum Gasteiger partial charge on any atom is 0.253 e. The second kappa shape index (κ2) is 9.03. The lowest BCUT2D eigenvalue weighted by atomic mass is 10.1. The summed E-state index contributed by atoms with van der Waals surface area (Å²) in [4.78, 5) is 16.3.